The molecule has 0 bridgehead atoms. The molecule has 0 saturated carbocycles. The molecule has 12 heteroatoms. The number of nitrogens with one attached hydrogen (secondary N) is 1. The van der Waals surface area contributed by atoms with Crippen molar-refractivity contribution in [1.29, 1.82) is 0 Å². The number of ether oxygens (including phenoxy) is 2. The molecule has 0 amide bonds. The van der Waals surface area contributed by atoms with Gasteiger partial charge in [0.05, 0.1) is 0 Å². The second-order valence-corrected chi connectivity index (χ2v) is 7.87. The van der Waals surface area contributed by atoms with E-state index in [0.717, 1.165) is 4.57 Å². The van der Waals surface area contributed by atoms with Gasteiger partial charge in [-0.25, -0.2) is 4.79 Å². The van der Waals surface area contributed by atoms with Gasteiger partial charge in [-0.2, -0.15) is 0 Å². The van der Waals surface area contributed by atoms with Crippen molar-refractivity contribution >= 4 is 0 Å². The van der Waals surface area contributed by atoms with E-state index in [4.69, 9.17) is 22.3 Å². The summed E-state index contributed by atoms with van der Waals surface area (Å²) >= 11 is 0. The number of aliphatic hydroxyl groups excluding tert-OH is 3. The predicted octanol–water partition coefficient (Wildman–Crippen LogP) is -0.0416. The van der Waals surface area contributed by atoms with Crippen LogP contribution in [-0.4, -0.2) is 54.6 Å². The Bertz CT molecular complexity index is 988. The van der Waals surface area contributed by atoms with Crippen LogP contribution >= 0.6 is 0 Å². The Labute approximate surface area is 307 Å². The fourth-order valence-corrected chi connectivity index (χ4v) is 4.03. The summed E-state index contributed by atoms with van der Waals surface area (Å²) in [5.41, 5.74) is -2.83. The number of terminal acetylenes is 2. The van der Waals surface area contributed by atoms with Gasteiger partial charge in [0.15, 0.2) is 12.5 Å². The third kappa shape index (κ3) is 7.74. The number of hydrogen-bond acceptors (Lipinski definition) is 7. The number of H-pyrrole nitrogens is 1. The van der Waals surface area contributed by atoms with Gasteiger partial charge in [-0.3, -0.25) is 14.3 Å². The number of aliphatic hydroxyl groups is 3. The molecule has 2 aliphatic heterocycles. The summed E-state index contributed by atoms with van der Waals surface area (Å²) in [6.07, 6.45) is 9.39. The van der Waals surface area contributed by atoms with Crippen molar-refractivity contribution in [3.8, 4) is 24.7 Å². The van der Waals surface area contributed by atoms with Crippen LogP contribution in [0.2, 0.25) is 0 Å². The van der Waals surface area contributed by atoms with Gasteiger partial charge in [0.1, 0.15) is 23.4 Å². The van der Waals surface area contributed by atoms with E-state index in [9.17, 15) is 24.9 Å². The molecule has 0 spiro atoms. The van der Waals surface area contributed by atoms with Crippen LogP contribution in [-0.2, 0) is 9.47 Å². The standard InChI is InChI=1S/C13H16N2O4.C9H14O3.3Ac/c1-4-13(5-2)8(3)10(17)11(19-13)15-7-6-9(16)14-12(15)18;1-4-9(5-2)6(3)7(10)8(11)12-9;;;/h1,6-8,10-11,17H,5H2,2-3H3,(H,14,16,18);1,6-8,10-11H,5H2,2-3H3;;;/t8?,10?,11-,13-;6?,7?,8?,9-;;;/m11.../s1. The van der Waals surface area contributed by atoms with Crippen LogP contribution in [0.5, 0.6) is 0 Å². The average molecular weight is 1120 g/mol. The van der Waals surface area contributed by atoms with Crippen molar-refractivity contribution < 1.29 is 157 Å². The smallest absolute Gasteiger partial charge is 0.330 e. The van der Waals surface area contributed by atoms with Crippen molar-refractivity contribution in [3.63, 3.8) is 0 Å². The van der Waals surface area contributed by atoms with Gasteiger partial charge in [-0.1, -0.05) is 39.5 Å². The van der Waals surface area contributed by atoms with E-state index in [0.29, 0.717) is 12.8 Å². The molecule has 8 atom stereocenters. The summed E-state index contributed by atoms with van der Waals surface area (Å²) in [4.78, 5) is 24.9. The predicted molar refractivity (Wildman–Crippen MR) is 113 cm³/mol. The number of hydrogen-bond donors (Lipinski definition) is 4. The Kier molecular flexibility index (Phi) is 18.1. The SMILES string of the molecule is C#C[C@]1(CC)OC(O)C(O)C1C.C#C[C@]1(CC)O[C@@H](n2ccc(=O)[nH]c2=O)C(O)C1C.[Ac].[Ac].[Ac]. The third-order valence-corrected chi connectivity index (χ3v) is 6.41. The van der Waals surface area contributed by atoms with Gasteiger partial charge in [0, 0.05) is 156 Å². The van der Waals surface area contributed by atoms with E-state index in [-0.39, 0.29) is 144 Å². The minimum absolute atomic E-state index is 0. The van der Waals surface area contributed by atoms with Crippen molar-refractivity contribution in [2.24, 2.45) is 11.8 Å². The molecule has 5 unspecified atom stereocenters. The molecule has 9 nitrogen and oxygen atoms in total. The largest absolute Gasteiger partial charge is 0.388 e. The Morgan fingerprint density at radius 2 is 1.44 bits per heavy atom. The fraction of sp³-hybridized carbons (Fsp3) is 0.636. The van der Waals surface area contributed by atoms with Gasteiger partial charge in [0.25, 0.3) is 5.56 Å². The average Bonchev–Trinajstić information content (AvgIpc) is 3.14. The normalized spacial score (nSPS) is 35.8. The molecule has 3 heterocycles. The fourth-order valence-electron chi connectivity index (χ4n) is 4.03. The molecular weight excluding hydrogens is 1090 g/mol. The van der Waals surface area contributed by atoms with Crippen molar-refractivity contribution in [2.75, 3.05) is 0 Å². The first kappa shape index (κ1) is 38.1. The van der Waals surface area contributed by atoms with E-state index in [1.807, 2.05) is 13.8 Å². The summed E-state index contributed by atoms with van der Waals surface area (Å²) in [6, 6.07) is 1.20. The van der Waals surface area contributed by atoms with Crippen LogP contribution in [0.1, 0.15) is 46.8 Å². The quantitative estimate of drug-likeness (QED) is 0.313. The van der Waals surface area contributed by atoms with Crippen LogP contribution in [0.3, 0.4) is 0 Å². The molecule has 2 fully saturated rings. The van der Waals surface area contributed by atoms with Gasteiger partial charge in [-0.15, -0.1) is 12.8 Å². The first-order valence-corrected chi connectivity index (χ1v) is 10.2. The molecule has 1 aromatic heterocycles. The first-order valence-electron chi connectivity index (χ1n) is 10.2. The second kappa shape index (κ2) is 16.1. The maximum atomic E-state index is 11.7. The number of nitrogens with zero attached hydrogens (tertiary/aromatic N) is 1. The van der Waals surface area contributed by atoms with Gasteiger partial charge < -0.3 is 24.8 Å². The molecule has 0 aromatic carbocycles. The van der Waals surface area contributed by atoms with Gasteiger partial charge in [0.2, 0.25) is 0 Å². The summed E-state index contributed by atoms with van der Waals surface area (Å²) in [7, 11) is 0. The van der Waals surface area contributed by atoms with E-state index < -0.39 is 47.2 Å². The number of aromatic amines is 1. The molecule has 34 heavy (non-hydrogen) atoms. The topological polar surface area (TPSA) is 134 Å². The Balaban J connectivity index is 0. The van der Waals surface area contributed by atoms with Gasteiger partial charge >= 0.3 is 5.69 Å². The molecule has 3 rings (SSSR count). The molecule has 2 aliphatic rings. The maximum Gasteiger partial charge on any atom is 0.330 e. The third-order valence-electron chi connectivity index (χ3n) is 6.41. The van der Waals surface area contributed by atoms with Crippen LogP contribution in [0.15, 0.2) is 21.9 Å². The maximum absolute atomic E-state index is 11.7. The Morgan fingerprint density at radius 3 is 1.76 bits per heavy atom. The Morgan fingerprint density at radius 1 is 0.971 bits per heavy atom. The van der Waals surface area contributed by atoms with E-state index in [1.165, 1.54) is 12.3 Å². The molecule has 1 aromatic rings. The Hall–Kier alpha value is 1.92. The molecule has 2 saturated heterocycles. The zero-order valence-corrected chi connectivity index (χ0v) is 34.1. The summed E-state index contributed by atoms with van der Waals surface area (Å²) in [5, 5.41) is 28.8. The van der Waals surface area contributed by atoms with Crippen LogP contribution < -0.4 is 11.2 Å². The second-order valence-electron chi connectivity index (χ2n) is 7.87. The summed E-state index contributed by atoms with van der Waals surface area (Å²) < 4.78 is 12.0. The van der Waals surface area contributed by atoms with Crippen molar-refractivity contribution in [3.05, 3.63) is 33.1 Å². The summed E-state index contributed by atoms with van der Waals surface area (Å²) in [5.74, 6) is 4.53. The number of aromatic nitrogens is 2. The van der Waals surface area contributed by atoms with Crippen LogP contribution in [0.25, 0.3) is 0 Å². The van der Waals surface area contributed by atoms with Crippen LogP contribution in [0, 0.1) is 169 Å². The molecule has 0 aliphatic carbocycles. The zero-order chi connectivity index (χ0) is 23.6. The van der Waals surface area contributed by atoms with E-state index in [2.05, 4.69) is 16.8 Å². The molecule has 4 N–H and O–H groups in total. The minimum atomic E-state index is -1.14. The monoisotopic (exact) mass is 1120 g/mol. The molecular formula is C22H30Ac3N2O7. The van der Waals surface area contributed by atoms with E-state index >= 15 is 0 Å². The number of rotatable bonds is 3. The van der Waals surface area contributed by atoms with Crippen molar-refractivity contribution in [2.45, 2.75) is 76.5 Å². The molecule has 179 valence electrons. The molecule has 3 radical (unpaired) electrons. The summed E-state index contributed by atoms with van der Waals surface area (Å²) in [6.45, 7) is 7.30. The first-order chi connectivity index (χ1) is 14.5. The van der Waals surface area contributed by atoms with E-state index in [1.54, 1.807) is 13.8 Å². The van der Waals surface area contributed by atoms with Crippen molar-refractivity contribution in [1.82, 2.24) is 9.55 Å². The minimum Gasteiger partial charge on any atom is -0.388 e. The van der Waals surface area contributed by atoms with Gasteiger partial charge in [-0.05, 0) is 12.8 Å². The zero-order valence-electron chi connectivity index (χ0n) is 19.8. The van der Waals surface area contributed by atoms with Crippen LogP contribution in [0.4, 0.5) is 0 Å².